The highest BCUT2D eigenvalue weighted by atomic mass is 32.1. The summed E-state index contributed by atoms with van der Waals surface area (Å²) in [6.45, 7) is 9.67. The van der Waals surface area contributed by atoms with Crippen LogP contribution in [0.25, 0.3) is 104 Å². The predicted molar refractivity (Wildman–Crippen MR) is 262 cm³/mol. The molecule has 0 saturated carbocycles. The standard InChI is InChI=1S/C57H44N4S/c1-56(2)30-31-57(3,4)48-34-49-46(33-47(48)56)43-29-26-36-16-8-9-19-41(36)51(43)61(49)40-27-24-37(25-28-40)53-58-54(39-18-12-17-38(32-39)35-14-6-5-7-15-35)60-55(59-53)45-22-13-21-44-42-20-10-11-23-50(42)62-52(44)45/h5-29,32-34H,30-31H2,1-4H3. The van der Waals surface area contributed by atoms with Crippen LogP contribution in [0.1, 0.15) is 51.7 Å². The van der Waals surface area contributed by atoms with Crippen molar-refractivity contribution in [2.75, 3.05) is 0 Å². The molecule has 0 radical (unpaired) electrons. The summed E-state index contributed by atoms with van der Waals surface area (Å²) < 4.78 is 4.93. The molecule has 298 valence electrons. The Labute approximate surface area is 365 Å². The third kappa shape index (κ3) is 5.83. The Bertz CT molecular complexity index is 3570. The van der Waals surface area contributed by atoms with E-state index in [1.165, 1.54) is 76.7 Å². The van der Waals surface area contributed by atoms with Crippen molar-refractivity contribution in [3.63, 3.8) is 0 Å². The van der Waals surface area contributed by atoms with Gasteiger partial charge in [-0.1, -0.05) is 143 Å². The molecule has 3 aromatic heterocycles. The van der Waals surface area contributed by atoms with E-state index < -0.39 is 0 Å². The lowest BCUT2D eigenvalue weighted by Crippen LogP contribution is -2.33. The van der Waals surface area contributed by atoms with Gasteiger partial charge in [-0.3, -0.25) is 0 Å². The third-order valence-corrected chi connectivity index (χ3v) is 14.7. The zero-order chi connectivity index (χ0) is 41.7. The highest BCUT2D eigenvalue weighted by Gasteiger charge is 2.38. The van der Waals surface area contributed by atoms with Gasteiger partial charge in [0.1, 0.15) is 0 Å². The van der Waals surface area contributed by atoms with Gasteiger partial charge < -0.3 is 4.57 Å². The van der Waals surface area contributed by atoms with E-state index in [9.17, 15) is 0 Å². The Morgan fingerprint density at radius 2 is 1.08 bits per heavy atom. The van der Waals surface area contributed by atoms with E-state index in [4.69, 9.17) is 15.0 Å². The SMILES string of the molecule is CC1(C)CCC(C)(C)c2cc3c(cc21)c1ccc2ccccc2c1n3-c1ccc(-c2nc(-c3cccc(-c4ccccc4)c3)nc(-c3cccc4c3sc3ccccc34)n2)cc1. The van der Waals surface area contributed by atoms with Crippen molar-refractivity contribution in [2.45, 2.75) is 51.4 Å². The van der Waals surface area contributed by atoms with E-state index in [2.05, 4.69) is 202 Å². The molecule has 0 spiro atoms. The maximum absolute atomic E-state index is 5.29. The quantitative estimate of drug-likeness (QED) is 0.174. The lowest BCUT2D eigenvalue weighted by molar-refractivity contribution is 0.332. The molecule has 0 aliphatic heterocycles. The summed E-state index contributed by atoms with van der Waals surface area (Å²) in [4.78, 5) is 15.8. The van der Waals surface area contributed by atoms with Crippen LogP contribution in [0.5, 0.6) is 0 Å². The topological polar surface area (TPSA) is 43.6 Å². The maximum atomic E-state index is 5.29. The summed E-state index contributed by atoms with van der Waals surface area (Å²) in [6.07, 6.45) is 2.35. The number of thiophene rings is 1. The Hall–Kier alpha value is -6.95. The second-order valence-corrected chi connectivity index (χ2v) is 19.3. The highest BCUT2D eigenvalue weighted by Crippen LogP contribution is 2.49. The second-order valence-electron chi connectivity index (χ2n) is 18.3. The average Bonchev–Trinajstić information content (AvgIpc) is 3.86. The summed E-state index contributed by atoms with van der Waals surface area (Å²) in [5.74, 6) is 1.96. The van der Waals surface area contributed by atoms with Crippen LogP contribution >= 0.6 is 11.3 Å². The van der Waals surface area contributed by atoms with Crippen molar-refractivity contribution in [3.05, 3.63) is 181 Å². The molecule has 4 nitrogen and oxygen atoms in total. The predicted octanol–water partition coefficient (Wildman–Crippen LogP) is 15.5. The molecule has 11 aromatic rings. The van der Waals surface area contributed by atoms with Gasteiger partial charge in [0.05, 0.1) is 11.0 Å². The van der Waals surface area contributed by atoms with Gasteiger partial charge in [-0.25, -0.2) is 15.0 Å². The summed E-state index contributed by atoms with van der Waals surface area (Å²) in [5.41, 5.74) is 11.9. The van der Waals surface area contributed by atoms with E-state index in [-0.39, 0.29) is 10.8 Å². The number of hydrogen-bond acceptors (Lipinski definition) is 4. The lowest BCUT2D eigenvalue weighted by atomic mass is 9.63. The van der Waals surface area contributed by atoms with Crippen molar-refractivity contribution in [1.29, 1.82) is 0 Å². The van der Waals surface area contributed by atoms with Crippen LogP contribution in [0.15, 0.2) is 170 Å². The molecule has 0 amide bonds. The van der Waals surface area contributed by atoms with E-state index in [0.29, 0.717) is 17.5 Å². The normalized spacial score (nSPS) is 14.6. The average molecular weight is 817 g/mol. The molecule has 1 aliphatic carbocycles. The van der Waals surface area contributed by atoms with Crippen molar-refractivity contribution in [1.82, 2.24) is 19.5 Å². The minimum Gasteiger partial charge on any atom is -0.309 e. The highest BCUT2D eigenvalue weighted by molar-refractivity contribution is 7.26. The van der Waals surface area contributed by atoms with Gasteiger partial charge >= 0.3 is 0 Å². The molecule has 3 heterocycles. The molecular formula is C57H44N4S. The molecule has 0 saturated heterocycles. The van der Waals surface area contributed by atoms with E-state index in [0.717, 1.165) is 33.5 Å². The van der Waals surface area contributed by atoms with Crippen LogP contribution < -0.4 is 0 Å². The first-order valence-electron chi connectivity index (χ1n) is 21.6. The first-order valence-corrected chi connectivity index (χ1v) is 22.5. The number of hydrogen-bond donors (Lipinski definition) is 0. The summed E-state index contributed by atoms with van der Waals surface area (Å²) in [5, 5.41) is 7.54. The van der Waals surface area contributed by atoms with E-state index in [1.54, 1.807) is 11.3 Å². The van der Waals surface area contributed by atoms with Crippen molar-refractivity contribution >= 4 is 64.1 Å². The number of aromatic nitrogens is 4. The number of rotatable bonds is 5. The minimum atomic E-state index is 0.0845. The monoisotopic (exact) mass is 816 g/mol. The fraction of sp³-hybridized carbons (Fsp3) is 0.140. The molecule has 1 aliphatic rings. The van der Waals surface area contributed by atoms with Gasteiger partial charge in [-0.2, -0.15) is 0 Å². The summed E-state index contributed by atoms with van der Waals surface area (Å²) >= 11 is 1.79. The molecule has 0 N–H and O–H groups in total. The van der Waals surface area contributed by atoms with Crippen molar-refractivity contribution < 1.29 is 0 Å². The van der Waals surface area contributed by atoms with Crippen molar-refractivity contribution in [3.8, 4) is 51.0 Å². The van der Waals surface area contributed by atoms with Crippen LogP contribution in [0, 0.1) is 0 Å². The van der Waals surface area contributed by atoms with Crippen molar-refractivity contribution in [2.24, 2.45) is 0 Å². The molecule has 0 unspecified atom stereocenters. The van der Waals surface area contributed by atoms with E-state index >= 15 is 0 Å². The molecule has 0 atom stereocenters. The van der Waals surface area contributed by atoms with Gasteiger partial charge in [0, 0.05) is 58.7 Å². The van der Waals surface area contributed by atoms with Gasteiger partial charge in [-0.15, -0.1) is 11.3 Å². The Balaban J connectivity index is 1.06. The van der Waals surface area contributed by atoms with Gasteiger partial charge in [0.25, 0.3) is 0 Å². The van der Waals surface area contributed by atoms with Crippen LogP contribution in [0.4, 0.5) is 0 Å². The zero-order valence-electron chi connectivity index (χ0n) is 35.3. The molecule has 12 rings (SSSR count). The Morgan fingerprint density at radius 3 is 1.89 bits per heavy atom. The van der Waals surface area contributed by atoms with Gasteiger partial charge in [-0.05, 0) is 106 Å². The smallest absolute Gasteiger partial charge is 0.165 e. The number of nitrogens with zero attached hydrogens (tertiary/aromatic N) is 4. The second kappa shape index (κ2) is 13.8. The molecule has 0 fully saturated rings. The van der Waals surface area contributed by atoms with Crippen LogP contribution in [0.3, 0.4) is 0 Å². The molecule has 0 bridgehead atoms. The fourth-order valence-electron chi connectivity index (χ4n) is 10.0. The third-order valence-electron chi connectivity index (χ3n) is 13.5. The van der Waals surface area contributed by atoms with Gasteiger partial charge in [0.2, 0.25) is 0 Å². The fourth-order valence-corrected chi connectivity index (χ4v) is 11.2. The summed E-state index contributed by atoms with van der Waals surface area (Å²) in [7, 11) is 0. The van der Waals surface area contributed by atoms with Gasteiger partial charge in [0.15, 0.2) is 17.5 Å². The molecular weight excluding hydrogens is 773 g/mol. The Morgan fingerprint density at radius 1 is 0.452 bits per heavy atom. The first-order chi connectivity index (χ1) is 30.2. The van der Waals surface area contributed by atoms with Crippen LogP contribution in [-0.4, -0.2) is 19.5 Å². The number of fused-ring (bicyclic) bond motifs is 9. The maximum Gasteiger partial charge on any atom is 0.165 e. The largest absolute Gasteiger partial charge is 0.309 e. The minimum absolute atomic E-state index is 0.0845. The van der Waals surface area contributed by atoms with E-state index in [1.807, 2.05) is 0 Å². The molecule has 5 heteroatoms. The zero-order valence-corrected chi connectivity index (χ0v) is 36.1. The first kappa shape index (κ1) is 36.9. The summed E-state index contributed by atoms with van der Waals surface area (Å²) in [6, 6.07) is 61.4. The Kier molecular flexibility index (Phi) is 8.20. The lowest BCUT2D eigenvalue weighted by Gasteiger charge is -2.42. The molecule has 62 heavy (non-hydrogen) atoms. The van der Waals surface area contributed by atoms with Crippen LogP contribution in [-0.2, 0) is 10.8 Å². The van der Waals surface area contributed by atoms with Crippen LogP contribution in [0.2, 0.25) is 0 Å². The molecule has 8 aromatic carbocycles. The number of benzene rings is 8.